The highest BCUT2D eigenvalue weighted by molar-refractivity contribution is 7.60. The largest absolute Gasteiger partial charge is 0.382 e. The van der Waals surface area contributed by atoms with Crippen LogP contribution in [0.4, 0.5) is 0 Å². The lowest BCUT2D eigenvalue weighted by Crippen LogP contribution is -2.28. The number of nitrogens with one attached hydrogen (secondary N) is 1. The topological polar surface area (TPSA) is 105 Å². The smallest absolute Gasteiger partial charge is 0.356 e. The van der Waals surface area contributed by atoms with E-state index >= 15 is 0 Å². The van der Waals surface area contributed by atoms with Gasteiger partial charge in [0.1, 0.15) is 0 Å². The van der Waals surface area contributed by atoms with E-state index in [0.29, 0.717) is 26.4 Å². The number of carbonyl (C=O) groups is 1. The summed E-state index contributed by atoms with van der Waals surface area (Å²) >= 11 is 0. The summed E-state index contributed by atoms with van der Waals surface area (Å²) in [7, 11) is -2.78. The van der Waals surface area contributed by atoms with Gasteiger partial charge >= 0.3 is 7.60 Å². The van der Waals surface area contributed by atoms with Crippen molar-refractivity contribution in [1.29, 1.82) is 0 Å². The molecule has 0 radical (unpaired) electrons. The molecule has 1 amide bonds. The second-order valence-electron chi connectivity index (χ2n) is 3.96. The Bertz CT molecular complexity index is 487. The fraction of sp³-hybridized carbons (Fsp3) is 0.417. The molecule has 1 aromatic carbocycles. The van der Waals surface area contributed by atoms with Crippen LogP contribution in [0.25, 0.3) is 0 Å². The first-order valence-electron chi connectivity index (χ1n) is 5.96. The van der Waals surface area contributed by atoms with E-state index in [9.17, 15) is 9.36 Å². The van der Waals surface area contributed by atoms with E-state index in [4.69, 9.17) is 19.3 Å². The molecule has 0 heterocycles. The van der Waals surface area contributed by atoms with Crippen molar-refractivity contribution < 1.29 is 28.6 Å². The van der Waals surface area contributed by atoms with Gasteiger partial charge in [-0.3, -0.25) is 9.36 Å². The molecule has 8 heteroatoms. The van der Waals surface area contributed by atoms with Gasteiger partial charge < -0.3 is 24.6 Å². The van der Waals surface area contributed by atoms with Crippen LogP contribution < -0.4 is 10.6 Å². The average Bonchev–Trinajstić information content (AvgIpc) is 2.41. The van der Waals surface area contributed by atoms with E-state index in [1.54, 1.807) is 7.11 Å². The van der Waals surface area contributed by atoms with Crippen molar-refractivity contribution in [1.82, 2.24) is 5.32 Å². The van der Waals surface area contributed by atoms with Gasteiger partial charge in [-0.1, -0.05) is 6.07 Å². The molecule has 0 aliphatic heterocycles. The maximum Gasteiger partial charge on any atom is 0.356 e. The highest BCUT2D eigenvalue weighted by Gasteiger charge is 2.18. The van der Waals surface area contributed by atoms with E-state index in [2.05, 4.69) is 5.32 Å². The second kappa shape index (κ2) is 8.14. The minimum absolute atomic E-state index is 0.179. The molecule has 7 nitrogen and oxygen atoms in total. The molecule has 0 fully saturated rings. The lowest BCUT2D eigenvalue weighted by atomic mass is 10.2. The standard InChI is InChI=1S/C12H18NO6P/c1-18-7-8-19-6-5-13-12(14)10-3-2-4-11(9-10)20(15,16)17/h2-4,9H,5-8H2,1H3,(H,13,14)(H2,15,16,17). The minimum Gasteiger partial charge on any atom is -0.382 e. The third kappa shape index (κ3) is 5.81. The van der Waals surface area contributed by atoms with Crippen LogP contribution in [0.1, 0.15) is 10.4 Å². The van der Waals surface area contributed by atoms with Crippen molar-refractivity contribution in [3.63, 3.8) is 0 Å². The molecular weight excluding hydrogens is 285 g/mol. The molecule has 112 valence electrons. The Balaban J connectivity index is 2.46. The van der Waals surface area contributed by atoms with Crippen LogP contribution in [0.15, 0.2) is 24.3 Å². The molecule has 0 aliphatic rings. The summed E-state index contributed by atoms with van der Waals surface area (Å²) in [6.07, 6.45) is 0. The summed E-state index contributed by atoms with van der Waals surface area (Å²) in [6, 6.07) is 5.38. The van der Waals surface area contributed by atoms with E-state index < -0.39 is 13.5 Å². The number of methoxy groups -OCH3 is 1. The highest BCUT2D eigenvalue weighted by Crippen LogP contribution is 2.32. The first-order chi connectivity index (χ1) is 9.45. The van der Waals surface area contributed by atoms with Gasteiger partial charge in [0.25, 0.3) is 5.91 Å². The fourth-order valence-electron chi connectivity index (χ4n) is 1.41. The van der Waals surface area contributed by atoms with Crippen molar-refractivity contribution in [2.75, 3.05) is 33.5 Å². The van der Waals surface area contributed by atoms with Gasteiger partial charge in [0, 0.05) is 19.2 Å². The van der Waals surface area contributed by atoms with Gasteiger partial charge in [0.15, 0.2) is 0 Å². The van der Waals surface area contributed by atoms with Crippen LogP contribution in [-0.2, 0) is 14.0 Å². The number of benzene rings is 1. The van der Waals surface area contributed by atoms with Crippen LogP contribution in [0.5, 0.6) is 0 Å². The Morgan fingerprint density at radius 2 is 2.05 bits per heavy atom. The molecule has 1 rings (SSSR count). The number of carbonyl (C=O) groups excluding carboxylic acids is 1. The summed E-state index contributed by atoms with van der Waals surface area (Å²) in [6.45, 7) is 1.58. The summed E-state index contributed by atoms with van der Waals surface area (Å²) in [5, 5.41) is 2.42. The summed E-state index contributed by atoms with van der Waals surface area (Å²) < 4.78 is 21.1. The summed E-state index contributed by atoms with van der Waals surface area (Å²) in [4.78, 5) is 29.8. The van der Waals surface area contributed by atoms with E-state index in [1.807, 2.05) is 0 Å². The van der Waals surface area contributed by atoms with E-state index in [0.717, 1.165) is 0 Å². The number of hydrogen-bond acceptors (Lipinski definition) is 4. The van der Waals surface area contributed by atoms with Crippen molar-refractivity contribution in [3.8, 4) is 0 Å². The Kier molecular flexibility index (Phi) is 6.84. The van der Waals surface area contributed by atoms with Crippen molar-refractivity contribution in [3.05, 3.63) is 29.8 Å². The maximum atomic E-state index is 11.8. The lowest BCUT2D eigenvalue weighted by Gasteiger charge is -2.08. The molecule has 0 atom stereocenters. The normalized spacial score (nSPS) is 11.3. The molecule has 0 aromatic heterocycles. The predicted molar refractivity (Wildman–Crippen MR) is 73.1 cm³/mol. The van der Waals surface area contributed by atoms with Crippen LogP contribution in [0.2, 0.25) is 0 Å². The Hall–Kier alpha value is -1.24. The monoisotopic (exact) mass is 303 g/mol. The quantitative estimate of drug-likeness (QED) is 0.457. The molecule has 0 bridgehead atoms. The zero-order valence-electron chi connectivity index (χ0n) is 11.1. The van der Waals surface area contributed by atoms with Crippen LogP contribution in [0, 0.1) is 0 Å². The van der Waals surface area contributed by atoms with E-state index in [1.165, 1.54) is 24.3 Å². The average molecular weight is 303 g/mol. The number of ether oxygens (including phenoxy) is 2. The van der Waals surface area contributed by atoms with Gasteiger partial charge in [-0.05, 0) is 18.2 Å². The number of hydrogen-bond donors (Lipinski definition) is 3. The first-order valence-corrected chi connectivity index (χ1v) is 7.57. The van der Waals surface area contributed by atoms with E-state index in [-0.39, 0.29) is 10.9 Å². The molecule has 0 unspecified atom stereocenters. The molecular formula is C12H18NO6P. The molecule has 0 aliphatic carbocycles. The Morgan fingerprint density at radius 1 is 1.30 bits per heavy atom. The summed E-state index contributed by atoms with van der Waals surface area (Å²) in [5.41, 5.74) is 0.197. The Labute approximate surface area is 117 Å². The van der Waals surface area contributed by atoms with Gasteiger partial charge in [0.2, 0.25) is 0 Å². The van der Waals surface area contributed by atoms with Crippen molar-refractivity contribution in [2.45, 2.75) is 0 Å². The maximum absolute atomic E-state index is 11.8. The van der Waals surface area contributed by atoms with Gasteiger partial charge in [-0.25, -0.2) is 0 Å². The van der Waals surface area contributed by atoms with Gasteiger partial charge in [0.05, 0.1) is 25.1 Å². The van der Waals surface area contributed by atoms with Crippen LogP contribution in [0.3, 0.4) is 0 Å². The zero-order chi connectivity index (χ0) is 15.0. The SMILES string of the molecule is COCCOCCNC(=O)c1cccc(P(=O)(O)O)c1. The number of rotatable bonds is 8. The van der Waals surface area contributed by atoms with Crippen molar-refractivity contribution >= 4 is 18.8 Å². The molecule has 20 heavy (non-hydrogen) atoms. The van der Waals surface area contributed by atoms with Gasteiger partial charge in [-0.2, -0.15) is 0 Å². The molecule has 0 saturated carbocycles. The lowest BCUT2D eigenvalue weighted by molar-refractivity contribution is 0.0693. The first kappa shape index (κ1) is 16.8. The predicted octanol–water partition coefficient (Wildman–Crippen LogP) is -0.118. The minimum atomic E-state index is -4.35. The van der Waals surface area contributed by atoms with Crippen LogP contribution >= 0.6 is 7.60 Å². The second-order valence-corrected chi connectivity index (χ2v) is 5.56. The summed E-state index contributed by atoms with van der Waals surface area (Å²) in [5.74, 6) is -0.407. The highest BCUT2D eigenvalue weighted by atomic mass is 31.2. The molecule has 0 saturated heterocycles. The Morgan fingerprint density at radius 3 is 2.70 bits per heavy atom. The third-order valence-electron chi connectivity index (χ3n) is 2.41. The molecule has 0 spiro atoms. The molecule has 1 aromatic rings. The third-order valence-corrected chi connectivity index (χ3v) is 3.36. The molecule has 3 N–H and O–H groups in total. The van der Waals surface area contributed by atoms with Crippen molar-refractivity contribution in [2.24, 2.45) is 0 Å². The number of amides is 1. The van der Waals surface area contributed by atoms with Crippen LogP contribution in [-0.4, -0.2) is 49.2 Å². The zero-order valence-corrected chi connectivity index (χ0v) is 12.0. The fourth-order valence-corrected chi connectivity index (χ4v) is 2.00. The van der Waals surface area contributed by atoms with Gasteiger partial charge in [-0.15, -0.1) is 0 Å².